The molecule has 7 nitrogen and oxygen atoms in total. The van der Waals surface area contributed by atoms with Gasteiger partial charge in [-0.1, -0.05) is 0 Å². The van der Waals surface area contributed by atoms with E-state index >= 15 is 0 Å². The Balaban J connectivity index is 1.87. The summed E-state index contributed by atoms with van der Waals surface area (Å²) in [6, 6.07) is 5.04. The second kappa shape index (κ2) is 7.13. The number of quaternary nitrogens is 1. The molecular weight excluding hydrogens is 286 g/mol. The molecule has 1 aromatic rings. The van der Waals surface area contributed by atoms with Crippen molar-refractivity contribution in [2.24, 2.45) is 5.92 Å². The molecular formula is C15H21N3O4. The molecule has 0 saturated carbocycles. The summed E-state index contributed by atoms with van der Waals surface area (Å²) in [5.74, 6) is -0.997. The third-order valence-electron chi connectivity index (χ3n) is 3.94. The highest BCUT2D eigenvalue weighted by atomic mass is 16.5. The normalized spacial score (nSPS) is 21.1. The first kappa shape index (κ1) is 16.1. The number of carboxylic acids is 1. The van der Waals surface area contributed by atoms with Gasteiger partial charge in [0.25, 0.3) is 5.91 Å². The number of methoxy groups -OCH3 is 1. The van der Waals surface area contributed by atoms with E-state index in [2.05, 4.69) is 5.32 Å². The van der Waals surface area contributed by atoms with Crippen molar-refractivity contribution < 1.29 is 24.3 Å². The maximum absolute atomic E-state index is 12.1. The van der Waals surface area contributed by atoms with Gasteiger partial charge in [-0.3, -0.25) is 4.79 Å². The fraction of sp³-hybridized carbons (Fsp3) is 0.467. The van der Waals surface area contributed by atoms with Gasteiger partial charge >= 0.3 is 0 Å². The van der Waals surface area contributed by atoms with Crippen molar-refractivity contribution in [2.75, 3.05) is 37.8 Å². The van der Waals surface area contributed by atoms with E-state index in [1.165, 1.54) is 7.11 Å². The van der Waals surface area contributed by atoms with Gasteiger partial charge in [0.05, 0.1) is 25.9 Å². The Labute approximate surface area is 129 Å². The number of hydrogen-bond acceptors (Lipinski definition) is 5. The number of carboxylic acid groups (broad SMARTS) is 1. The minimum absolute atomic E-state index is 0.134. The number of likely N-dealkylation sites (tertiary alicyclic amines) is 1. The molecule has 1 amide bonds. The number of benzene rings is 1. The lowest BCUT2D eigenvalue weighted by molar-refractivity contribution is -0.897. The van der Waals surface area contributed by atoms with Gasteiger partial charge in [0, 0.05) is 36.5 Å². The molecule has 7 heteroatoms. The van der Waals surface area contributed by atoms with Gasteiger partial charge in [-0.05, 0) is 12.1 Å². The predicted molar refractivity (Wildman–Crippen MR) is 79.3 cm³/mol. The van der Waals surface area contributed by atoms with Gasteiger partial charge in [-0.25, -0.2) is 0 Å². The average molecular weight is 307 g/mol. The van der Waals surface area contributed by atoms with Crippen LogP contribution in [0.3, 0.4) is 0 Å². The van der Waals surface area contributed by atoms with E-state index in [9.17, 15) is 14.7 Å². The second-order valence-electron chi connectivity index (χ2n) is 5.53. The van der Waals surface area contributed by atoms with Crippen LogP contribution in [0.25, 0.3) is 0 Å². The van der Waals surface area contributed by atoms with Crippen molar-refractivity contribution in [3.05, 3.63) is 18.2 Å². The third-order valence-corrected chi connectivity index (χ3v) is 3.94. The molecule has 1 fully saturated rings. The average Bonchev–Trinajstić information content (AvgIpc) is 2.49. The van der Waals surface area contributed by atoms with Crippen LogP contribution in [-0.4, -0.2) is 38.6 Å². The number of aliphatic carboxylic acids is 1. The quantitative estimate of drug-likeness (QED) is 0.560. The van der Waals surface area contributed by atoms with E-state index in [-0.39, 0.29) is 11.8 Å². The molecule has 1 aromatic carbocycles. The number of rotatable bonds is 5. The monoisotopic (exact) mass is 307 g/mol. The summed E-state index contributed by atoms with van der Waals surface area (Å²) in [5, 5.41) is 13.6. The van der Waals surface area contributed by atoms with Crippen LogP contribution >= 0.6 is 0 Å². The zero-order valence-corrected chi connectivity index (χ0v) is 12.6. The molecule has 1 aliphatic heterocycles. The first-order valence-corrected chi connectivity index (χ1v) is 7.27. The first-order valence-electron chi connectivity index (χ1n) is 7.27. The van der Waals surface area contributed by atoms with Gasteiger partial charge in [0.15, 0.2) is 6.54 Å². The van der Waals surface area contributed by atoms with Crippen molar-refractivity contribution in [1.82, 2.24) is 0 Å². The smallest absolute Gasteiger partial charge is 0.279 e. The highest BCUT2D eigenvalue weighted by molar-refractivity contribution is 5.93. The number of nitrogens with one attached hydrogen (secondary N) is 2. The molecule has 0 spiro atoms. The summed E-state index contributed by atoms with van der Waals surface area (Å²) in [4.78, 5) is 24.0. The summed E-state index contributed by atoms with van der Waals surface area (Å²) in [6.45, 7) is 1.61. The SMILES string of the molecule is COc1cc(N)ccc1NC(=O)C[NH+]1CCC(C(=O)[O-])CC1. The number of piperidine rings is 1. The number of ether oxygens (including phenoxy) is 1. The summed E-state index contributed by atoms with van der Waals surface area (Å²) < 4.78 is 5.18. The van der Waals surface area contributed by atoms with Crippen molar-refractivity contribution in [2.45, 2.75) is 12.8 Å². The van der Waals surface area contributed by atoms with Crippen LogP contribution in [0.15, 0.2) is 18.2 Å². The fourth-order valence-corrected chi connectivity index (χ4v) is 2.67. The topological polar surface area (TPSA) is 109 Å². The molecule has 22 heavy (non-hydrogen) atoms. The van der Waals surface area contributed by atoms with Crippen molar-refractivity contribution in [3.8, 4) is 5.75 Å². The summed E-state index contributed by atoms with van der Waals surface area (Å²) in [7, 11) is 1.51. The van der Waals surface area contributed by atoms with Crippen molar-refractivity contribution >= 4 is 23.3 Å². The molecule has 0 unspecified atom stereocenters. The number of anilines is 2. The van der Waals surface area contributed by atoms with Crippen molar-refractivity contribution in [1.29, 1.82) is 0 Å². The van der Waals surface area contributed by atoms with Gasteiger partial charge < -0.3 is 30.6 Å². The van der Waals surface area contributed by atoms with Gasteiger partial charge in [0.2, 0.25) is 0 Å². The summed E-state index contributed by atoms with van der Waals surface area (Å²) in [6.07, 6.45) is 1.10. The number of nitrogens with two attached hydrogens (primary N) is 1. The highest BCUT2D eigenvalue weighted by Gasteiger charge is 2.24. The van der Waals surface area contributed by atoms with Gasteiger partial charge in [-0.2, -0.15) is 0 Å². The Morgan fingerprint density at radius 2 is 2.09 bits per heavy atom. The van der Waals surface area contributed by atoms with Crippen LogP contribution in [0.5, 0.6) is 5.75 Å². The van der Waals surface area contributed by atoms with Crippen LogP contribution in [0, 0.1) is 5.92 Å². The zero-order chi connectivity index (χ0) is 16.1. The number of carbonyl (C=O) groups is 2. The van der Waals surface area contributed by atoms with Crippen LogP contribution in [0.4, 0.5) is 11.4 Å². The Morgan fingerprint density at radius 3 is 2.68 bits per heavy atom. The molecule has 0 bridgehead atoms. The number of nitrogen functional groups attached to an aromatic ring is 1. The zero-order valence-electron chi connectivity index (χ0n) is 12.6. The Hall–Kier alpha value is -2.28. The molecule has 2 rings (SSSR count). The molecule has 4 N–H and O–H groups in total. The Morgan fingerprint density at radius 1 is 1.41 bits per heavy atom. The molecule has 120 valence electrons. The van der Waals surface area contributed by atoms with Gasteiger partial charge in [0.1, 0.15) is 5.75 Å². The van der Waals surface area contributed by atoms with E-state index in [1.807, 2.05) is 0 Å². The number of hydrogen-bond donors (Lipinski definition) is 3. The molecule has 0 atom stereocenters. The Bertz CT molecular complexity index is 554. The molecule has 0 radical (unpaired) electrons. The lowest BCUT2D eigenvalue weighted by atomic mass is 9.97. The van der Waals surface area contributed by atoms with Crippen LogP contribution in [0.1, 0.15) is 12.8 Å². The van der Waals surface area contributed by atoms with E-state index < -0.39 is 5.97 Å². The highest BCUT2D eigenvalue weighted by Crippen LogP contribution is 2.26. The lowest BCUT2D eigenvalue weighted by Gasteiger charge is -2.29. The third kappa shape index (κ3) is 4.11. The standard InChI is InChI=1S/C15H21N3O4/c1-22-13-8-11(16)2-3-12(13)17-14(19)9-18-6-4-10(5-7-18)15(20)21/h2-3,8,10H,4-7,9,16H2,1H3,(H,17,19)(H,20,21). The van der Waals surface area contributed by atoms with E-state index in [1.54, 1.807) is 18.2 Å². The summed E-state index contributed by atoms with van der Waals surface area (Å²) >= 11 is 0. The van der Waals surface area contributed by atoms with Gasteiger partial charge in [-0.15, -0.1) is 0 Å². The number of amides is 1. The Kier molecular flexibility index (Phi) is 5.21. The molecule has 0 aliphatic carbocycles. The first-order chi connectivity index (χ1) is 10.5. The maximum Gasteiger partial charge on any atom is 0.279 e. The minimum Gasteiger partial charge on any atom is -0.550 e. The predicted octanol–water partition coefficient (Wildman–Crippen LogP) is -1.74. The van der Waals surface area contributed by atoms with E-state index in [0.29, 0.717) is 49.6 Å². The van der Waals surface area contributed by atoms with Crippen LogP contribution in [-0.2, 0) is 9.59 Å². The minimum atomic E-state index is -0.991. The lowest BCUT2D eigenvalue weighted by Crippen LogP contribution is -3.14. The molecule has 1 aliphatic rings. The maximum atomic E-state index is 12.1. The number of carbonyl (C=O) groups excluding carboxylic acids is 2. The van der Waals surface area contributed by atoms with E-state index in [0.717, 1.165) is 4.90 Å². The summed E-state index contributed by atoms with van der Waals surface area (Å²) in [5.41, 5.74) is 6.81. The molecule has 1 heterocycles. The molecule has 0 aromatic heterocycles. The fourth-order valence-electron chi connectivity index (χ4n) is 2.67. The second-order valence-corrected chi connectivity index (χ2v) is 5.53. The van der Waals surface area contributed by atoms with Crippen LogP contribution < -0.4 is 25.8 Å². The van der Waals surface area contributed by atoms with E-state index in [4.69, 9.17) is 10.5 Å². The van der Waals surface area contributed by atoms with Crippen molar-refractivity contribution in [3.63, 3.8) is 0 Å². The largest absolute Gasteiger partial charge is 0.550 e. The van der Waals surface area contributed by atoms with Crippen LogP contribution in [0.2, 0.25) is 0 Å². The molecule has 1 saturated heterocycles.